The van der Waals surface area contributed by atoms with Gasteiger partial charge in [0.15, 0.2) is 0 Å². The summed E-state index contributed by atoms with van der Waals surface area (Å²) in [7, 11) is 0. The van der Waals surface area contributed by atoms with E-state index < -0.39 is 17.5 Å². The third-order valence-corrected chi connectivity index (χ3v) is 2.65. The summed E-state index contributed by atoms with van der Waals surface area (Å²) in [5.74, 6) is -0.956. The minimum Gasteiger partial charge on any atom is -0.480 e. The molecule has 1 aliphatic carbocycles. The number of carbonyl (C=O) groups excluding carboxylic acids is 1. The van der Waals surface area contributed by atoms with Gasteiger partial charge in [0.25, 0.3) is 0 Å². The summed E-state index contributed by atoms with van der Waals surface area (Å²) in [4.78, 5) is 22.4. The van der Waals surface area contributed by atoms with E-state index in [1.165, 1.54) is 0 Å². The lowest BCUT2D eigenvalue weighted by atomic mass is 9.98. The van der Waals surface area contributed by atoms with Crippen LogP contribution in [0.15, 0.2) is 0 Å². The van der Waals surface area contributed by atoms with Gasteiger partial charge < -0.3 is 21.5 Å². The lowest BCUT2D eigenvalue weighted by Crippen LogP contribution is -2.55. The van der Waals surface area contributed by atoms with Gasteiger partial charge in [-0.2, -0.15) is 0 Å². The lowest BCUT2D eigenvalue weighted by Gasteiger charge is -2.25. The molecule has 0 aliphatic heterocycles. The third-order valence-electron chi connectivity index (χ3n) is 2.65. The van der Waals surface area contributed by atoms with Gasteiger partial charge in [0.1, 0.15) is 5.54 Å². The van der Waals surface area contributed by atoms with Crippen molar-refractivity contribution in [3.05, 3.63) is 0 Å². The number of aliphatic carboxylic acids is 1. The maximum absolute atomic E-state index is 11.3. The highest BCUT2D eigenvalue weighted by molar-refractivity contribution is 5.86. The Morgan fingerprint density at radius 2 is 1.93 bits per heavy atom. The van der Waals surface area contributed by atoms with Crippen LogP contribution in [0.4, 0.5) is 4.79 Å². The van der Waals surface area contributed by atoms with Crippen LogP contribution in [0.2, 0.25) is 0 Å². The van der Waals surface area contributed by atoms with Crippen molar-refractivity contribution in [2.24, 2.45) is 5.73 Å². The minimum absolute atomic E-state index is 0.341. The number of nitrogens with two attached hydrogens (primary N) is 1. The third kappa shape index (κ3) is 2.82. The van der Waals surface area contributed by atoms with Gasteiger partial charge in [0.05, 0.1) is 0 Å². The summed E-state index contributed by atoms with van der Waals surface area (Å²) < 4.78 is 0. The molecule has 1 rings (SSSR count). The topological polar surface area (TPSA) is 104 Å². The smallest absolute Gasteiger partial charge is 0.329 e. The number of rotatable bonds is 4. The fourth-order valence-electron chi connectivity index (χ4n) is 1.82. The van der Waals surface area contributed by atoms with E-state index in [0.717, 1.165) is 12.8 Å². The average Bonchev–Trinajstić information content (AvgIpc) is 2.64. The highest BCUT2D eigenvalue weighted by Gasteiger charge is 2.42. The van der Waals surface area contributed by atoms with Gasteiger partial charge in [-0.1, -0.05) is 12.8 Å². The van der Waals surface area contributed by atoms with Gasteiger partial charge >= 0.3 is 12.0 Å². The molecule has 0 aromatic rings. The van der Waals surface area contributed by atoms with Crippen LogP contribution < -0.4 is 16.4 Å². The lowest BCUT2D eigenvalue weighted by molar-refractivity contribution is -0.144. The van der Waals surface area contributed by atoms with E-state index >= 15 is 0 Å². The Labute approximate surface area is 88.2 Å². The molecule has 5 N–H and O–H groups in total. The van der Waals surface area contributed by atoms with Crippen LogP contribution >= 0.6 is 0 Å². The fourth-order valence-corrected chi connectivity index (χ4v) is 1.82. The first kappa shape index (κ1) is 11.8. The predicted molar refractivity (Wildman–Crippen MR) is 54.4 cm³/mol. The first-order valence-corrected chi connectivity index (χ1v) is 5.10. The number of carbonyl (C=O) groups is 2. The molecule has 1 fully saturated rings. The monoisotopic (exact) mass is 215 g/mol. The van der Waals surface area contributed by atoms with Gasteiger partial charge in [0.2, 0.25) is 0 Å². The quantitative estimate of drug-likeness (QED) is 0.514. The van der Waals surface area contributed by atoms with Gasteiger partial charge in [-0.05, 0) is 12.8 Å². The van der Waals surface area contributed by atoms with Crippen LogP contribution in [0, 0.1) is 0 Å². The van der Waals surface area contributed by atoms with E-state index in [9.17, 15) is 9.59 Å². The summed E-state index contributed by atoms with van der Waals surface area (Å²) >= 11 is 0. The number of amides is 2. The molecule has 6 nitrogen and oxygen atoms in total. The van der Waals surface area contributed by atoms with E-state index in [1.54, 1.807) is 0 Å². The zero-order chi connectivity index (χ0) is 11.3. The number of hydrogen-bond donors (Lipinski definition) is 4. The largest absolute Gasteiger partial charge is 0.480 e. The molecule has 6 heteroatoms. The van der Waals surface area contributed by atoms with Gasteiger partial charge in [-0.25, -0.2) is 9.59 Å². The number of hydrogen-bond acceptors (Lipinski definition) is 3. The van der Waals surface area contributed by atoms with Crippen LogP contribution in [0.25, 0.3) is 0 Å². The predicted octanol–water partition coefficient (Wildman–Crippen LogP) is -0.358. The Morgan fingerprint density at radius 1 is 1.33 bits per heavy atom. The fraction of sp³-hybridized carbons (Fsp3) is 0.778. The normalized spacial score (nSPS) is 18.5. The maximum atomic E-state index is 11.3. The van der Waals surface area contributed by atoms with E-state index in [0.29, 0.717) is 25.9 Å². The van der Waals surface area contributed by atoms with E-state index in [2.05, 4.69) is 10.6 Å². The highest BCUT2D eigenvalue weighted by Crippen LogP contribution is 2.29. The second-order valence-corrected chi connectivity index (χ2v) is 3.76. The zero-order valence-corrected chi connectivity index (χ0v) is 8.58. The van der Waals surface area contributed by atoms with Crippen molar-refractivity contribution in [2.45, 2.75) is 31.2 Å². The Kier molecular flexibility index (Phi) is 3.90. The van der Waals surface area contributed by atoms with Crippen molar-refractivity contribution in [3.8, 4) is 0 Å². The molecule has 15 heavy (non-hydrogen) atoms. The van der Waals surface area contributed by atoms with Crippen LogP contribution in [0.1, 0.15) is 25.7 Å². The maximum Gasteiger partial charge on any atom is 0.329 e. The summed E-state index contributed by atoms with van der Waals surface area (Å²) in [5, 5.41) is 14.1. The molecule has 0 atom stereocenters. The molecule has 1 saturated carbocycles. The van der Waals surface area contributed by atoms with Crippen LogP contribution in [-0.4, -0.2) is 35.7 Å². The molecular formula is C9H17N3O3. The number of urea groups is 1. The van der Waals surface area contributed by atoms with Crippen molar-refractivity contribution in [3.63, 3.8) is 0 Å². The van der Waals surface area contributed by atoms with Crippen molar-refractivity contribution in [1.29, 1.82) is 0 Å². The SMILES string of the molecule is NCCNC(=O)NC1(C(=O)O)CCCC1. The van der Waals surface area contributed by atoms with Crippen molar-refractivity contribution in [1.82, 2.24) is 10.6 Å². The van der Waals surface area contributed by atoms with Gasteiger partial charge in [-0.3, -0.25) is 0 Å². The first-order chi connectivity index (χ1) is 7.10. The van der Waals surface area contributed by atoms with Crippen molar-refractivity contribution >= 4 is 12.0 Å². The van der Waals surface area contributed by atoms with E-state index in [-0.39, 0.29) is 0 Å². The number of carboxylic acid groups (broad SMARTS) is 1. The summed E-state index contributed by atoms with van der Waals surface area (Å²) in [6.07, 6.45) is 2.67. The highest BCUT2D eigenvalue weighted by atomic mass is 16.4. The molecule has 0 heterocycles. The number of nitrogens with one attached hydrogen (secondary N) is 2. The van der Waals surface area contributed by atoms with Crippen LogP contribution in [0.5, 0.6) is 0 Å². The molecule has 0 bridgehead atoms. The molecule has 86 valence electrons. The molecule has 0 saturated heterocycles. The number of carboxylic acids is 1. The Balaban J connectivity index is 2.52. The second-order valence-electron chi connectivity index (χ2n) is 3.76. The average molecular weight is 215 g/mol. The Morgan fingerprint density at radius 3 is 2.40 bits per heavy atom. The van der Waals surface area contributed by atoms with Crippen molar-refractivity contribution < 1.29 is 14.7 Å². The standard InChI is InChI=1S/C9H17N3O3/c10-5-6-11-8(15)12-9(7(13)14)3-1-2-4-9/h1-6,10H2,(H,13,14)(H2,11,12,15). The molecule has 0 unspecified atom stereocenters. The molecular weight excluding hydrogens is 198 g/mol. The molecule has 0 aromatic carbocycles. The van der Waals surface area contributed by atoms with Gasteiger partial charge in [0, 0.05) is 13.1 Å². The molecule has 0 aromatic heterocycles. The Hall–Kier alpha value is -1.30. The first-order valence-electron chi connectivity index (χ1n) is 5.10. The van der Waals surface area contributed by atoms with Crippen LogP contribution in [0.3, 0.4) is 0 Å². The summed E-state index contributed by atoms with van der Waals surface area (Å²) in [6, 6.07) is -0.454. The summed E-state index contributed by atoms with van der Waals surface area (Å²) in [5.41, 5.74) is 4.15. The minimum atomic E-state index is -1.07. The zero-order valence-electron chi connectivity index (χ0n) is 8.58. The van der Waals surface area contributed by atoms with Crippen LogP contribution in [-0.2, 0) is 4.79 Å². The van der Waals surface area contributed by atoms with Crippen molar-refractivity contribution in [2.75, 3.05) is 13.1 Å². The van der Waals surface area contributed by atoms with E-state index in [4.69, 9.17) is 10.8 Å². The molecule has 0 radical (unpaired) electrons. The second kappa shape index (κ2) is 4.97. The molecule has 0 spiro atoms. The molecule has 1 aliphatic rings. The summed E-state index contributed by atoms with van der Waals surface area (Å²) in [6.45, 7) is 0.690. The van der Waals surface area contributed by atoms with E-state index in [1.807, 2.05) is 0 Å². The molecule has 2 amide bonds. The Bertz CT molecular complexity index is 249. The van der Waals surface area contributed by atoms with Gasteiger partial charge in [-0.15, -0.1) is 0 Å².